The molecule has 0 amide bonds. The number of aryl methyl sites for hydroxylation is 2. The van der Waals surface area contributed by atoms with E-state index >= 15 is 0 Å². The largest absolute Gasteiger partial charge is 0.384 e. The second-order valence-electron chi connectivity index (χ2n) is 6.05. The van der Waals surface area contributed by atoms with Crippen LogP contribution in [-0.4, -0.2) is 44.5 Å². The van der Waals surface area contributed by atoms with Crippen molar-refractivity contribution in [2.75, 3.05) is 20.3 Å². The molecule has 6 nitrogen and oxygen atoms in total. The van der Waals surface area contributed by atoms with Crippen molar-refractivity contribution < 1.29 is 4.74 Å². The number of hydrogen-bond donors (Lipinski definition) is 0. The molecule has 0 bridgehead atoms. The second kappa shape index (κ2) is 6.22. The molecule has 0 fully saturated rings. The minimum absolute atomic E-state index is 0.320. The molecule has 0 saturated carbocycles. The van der Waals surface area contributed by atoms with Gasteiger partial charge in [0.25, 0.3) is 0 Å². The molecule has 2 aromatic heterocycles. The van der Waals surface area contributed by atoms with Gasteiger partial charge in [-0.15, -0.1) is 0 Å². The number of imidazole rings is 1. The van der Waals surface area contributed by atoms with E-state index in [9.17, 15) is 0 Å². The van der Waals surface area contributed by atoms with Crippen LogP contribution in [0.4, 0.5) is 0 Å². The van der Waals surface area contributed by atoms with E-state index in [0.29, 0.717) is 6.04 Å². The van der Waals surface area contributed by atoms with Gasteiger partial charge in [0.2, 0.25) is 0 Å². The summed E-state index contributed by atoms with van der Waals surface area (Å²) in [6.07, 6.45) is 2.93. The maximum absolute atomic E-state index is 5.19. The topological polar surface area (TPSA) is 48.1 Å². The van der Waals surface area contributed by atoms with Gasteiger partial charge < -0.3 is 9.30 Å². The predicted octanol–water partition coefficient (Wildman–Crippen LogP) is 1.69. The number of ether oxygens (including phenoxy) is 1. The fraction of sp³-hybridized carbons (Fsp3) is 0.625. The van der Waals surface area contributed by atoms with E-state index in [1.807, 2.05) is 24.9 Å². The zero-order valence-corrected chi connectivity index (χ0v) is 13.9. The first-order valence-corrected chi connectivity index (χ1v) is 7.87. The summed E-state index contributed by atoms with van der Waals surface area (Å²) in [5.74, 6) is 1.16. The van der Waals surface area contributed by atoms with E-state index in [2.05, 4.69) is 32.5 Å². The summed E-state index contributed by atoms with van der Waals surface area (Å²) in [6.45, 7) is 7.97. The smallest absolute Gasteiger partial charge is 0.126 e. The first-order valence-electron chi connectivity index (χ1n) is 7.87. The third-order valence-electron chi connectivity index (χ3n) is 4.53. The first-order chi connectivity index (χ1) is 10.6. The lowest BCUT2D eigenvalue weighted by Crippen LogP contribution is -2.37. The molecule has 6 heteroatoms. The quantitative estimate of drug-likeness (QED) is 0.843. The minimum Gasteiger partial charge on any atom is -0.384 e. The number of methoxy groups -OCH3 is 1. The Bertz CT molecular complexity index is 645. The lowest BCUT2D eigenvalue weighted by Gasteiger charge is -2.34. The van der Waals surface area contributed by atoms with Crippen LogP contribution in [-0.2, 0) is 31.3 Å². The molecule has 1 atom stereocenters. The molecule has 3 rings (SSSR count). The molecule has 120 valence electrons. The fourth-order valence-corrected chi connectivity index (χ4v) is 3.25. The van der Waals surface area contributed by atoms with Crippen molar-refractivity contribution in [3.05, 3.63) is 35.2 Å². The van der Waals surface area contributed by atoms with Crippen molar-refractivity contribution in [1.82, 2.24) is 24.2 Å². The van der Waals surface area contributed by atoms with Gasteiger partial charge in [0.1, 0.15) is 5.82 Å². The van der Waals surface area contributed by atoms with Crippen LogP contribution in [0.2, 0.25) is 0 Å². The van der Waals surface area contributed by atoms with Crippen molar-refractivity contribution in [2.45, 2.75) is 39.4 Å². The molecule has 22 heavy (non-hydrogen) atoms. The van der Waals surface area contributed by atoms with Crippen LogP contribution in [0.3, 0.4) is 0 Å². The molecule has 3 heterocycles. The van der Waals surface area contributed by atoms with Gasteiger partial charge in [0.05, 0.1) is 24.0 Å². The predicted molar refractivity (Wildman–Crippen MR) is 84.6 cm³/mol. The molecule has 1 aliphatic rings. The Morgan fingerprint density at radius 3 is 2.82 bits per heavy atom. The molecule has 0 aromatic carbocycles. The number of hydrogen-bond acceptors (Lipinski definition) is 4. The van der Waals surface area contributed by atoms with Crippen molar-refractivity contribution in [2.24, 2.45) is 7.05 Å². The van der Waals surface area contributed by atoms with Crippen LogP contribution in [0.5, 0.6) is 0 Å². The van der Waals surface area contributed by atoms with Crippen LogP contribution in [0.15, 0.2) is 12.3 Å². The highest BCUT2D eigenvalue weighted by atomic mass is 16.5. The Balaban J connectivity index is 1.75. The maximum atomic E-state index is 5.19. The number of aromatic nitrogens is 4. The molecular weight excluding hydrogens is 278 g/mol. The standard InChI is InChI=1S/C16H25N5O/c1-12-9-15(19(3)18-12)11-20-6-7-21-14(5-8-22-4)10-17-16(21)13(20)2/h9-10,13H,5-8,11H2,1-4H3. The normalized spacial score (nSPS) is 18.6. The van der Waals surface area contributed by atoms with E-state index in [-0.39, 0.29) is 0 Å². The molecule has 2 aromatic rings. The van der Waals surface area contributed by atoms with E-state index in [0.717, 1.165) is 44.2 Å². The maximum Gasteiger partial charge on any atom is 0.126 e. The van der Waals surface area contributed by atoms with Gasteiger partial charge in [-0.2, -0.15) is 5.10 Å². The molecule has 0 N–H and O–H groups in total. The molecule has 1 aliphatic heterocycles. The first kappa shape index (κ1) is 15.2. The van der Waals surface area contributed by atoms with Crippen molar-refractivity contribution in [3.63, 3.8) is 0 Å². The average molecular weight is 303 g/mol. The highest BCUT2D eigenvalue weighted by Crippen LogP contribution is 2.27. The van der Waals surface area contributed by atoms with Gasteiger partial charge in [-0.3, -0.25) is 9.58 Å². The molecular formula is C16H25N5O. The van der Waals surface area contributed by atoms with Gasteiger partial charge in [-0.05, 0) is 19.9 Å². The van der Waals surface area contributed by atoms with E-state index in [4.69, 9.17) is 4.74 Å². The summed E-state index contributed by atoms with van der Waals surface area (Å²) in [4.78, 5) is 7.12. The highest BCUT2D eigenvalue weighted by molar-refractivity contribution is 5.13. The monoisotopic (exact) mass is 303 g/mol. The molecule has 0 radical (unpaired) electrons. The SMILES string of the molecule is COCCc1cnc2n1CCN(Cc1cc(C)nn1C)C2C. The van der Waals surface area contributed by atoms with E-state index in [1.54, 1.807) is 7.11 Å². The van der Waals surface area contributed by atoms with Gasteiger partial charge in [-0.25, -0.2) is 4.98 Å². The zero-order chi connectivity index (χ0) is 15.7. The van der Waals surface area contributed by atoms with Crippen LogP contribution in [0.1, 0.15) is 35.9 Å². The third kappa shape index (κ3) is 2.80. The fourth-order valence-electron chi connectivity index (χ4n) is 3.25. The summed E-state index contributed by atoms with van der Waals surface area (Å²) < 4.78 is 9.52. The van der Waals surface area contributed by atoms with Crippen molar-refractivity contribution >= 4 is 0 Å². The Kier molecular flexibility index (Phi) is 4.31. The summed E-state index contributed by atoms with van der Waals surface area (Å²) >= 11 is 0. The van der Waals surface area contributed by atoms with Crippen molar-refractivity contribution in [3.8, 4) is 0 Å². The lowest BCUT2D eigenvalue weighted by atomic mass is 10.2. The summed E-state index contributed by atoms with van der Waals surface area (Å²) in [5, 5.41) is 4.44. The van der Waals surface area contributed by atoms with Crippen LogP contribution < -0.4 is 0 Å². The molecule has 0 aliphatic carbocycles. The van der Waals surface area contributed by atoms with Gasteiger partial charge in [-0.1, -0.05) is 0 Å². The number of nitrogens with zero attached hydrogens (tertiary/aromatic N) is 5. The Labute approximate surface area is 131 Å². The van der Waals surface area contributed by atoms with Gasteiger partial charge in [0, 0.05) is 52.1 Å². The van der Waals surface area contributed by atoms with Gasteiger partial charge >= 0.3 is 0 Å². The minimum atomic E-state index is 0.320. The van der Waals surface area contributed by atoms with E-state index in [1.165, 1.54) is 11.4 Å². The third-order valence-corrected chi connectivity index (χ3v) is 4.53. The Morgan fingerprint density at radius 2 is 2.14 bits per heavy atom. The van der Waals surface area contributed by atoms with Gasteiger partial charge in [0.15, 0.2) is 0 Å². The van der Waals surface area contributed by atoms with Crippen LogP contribution in [0.25, 0.3) is 0 Å². The van der Waals surface area contributed by atoms with E-state index < -0.39 is 0 Å². The molecule has 0 spiro atoms. The summed E-state index contributed by atoms with van der Waals surface area (Å²) in [5.41, 5.74) is 3.61. The summed E-state index contributed by atoms with van der Waals surface area (Å²) in [6, 6.07) is 2.48. The lowest BCUT2D eigenvalue weighted by molar-refractivity contribution is 0.149. The second-order valence-corrected chi connectivity index (χ2v) is 6.05. The van der Waals surface area contributed by atoms with Crippen LogP contribution >= 0.6 is 0 Å². The Morgan fingerprint density at radius 1 is 1.32 bits per heavy atom. The van der Waals surface area contributed by atoms with Crippen LogP contribution in [0, 0.1) is 6.92 Å². The number of rotatable bonds is 5. The Hall–Kier alpha value is -1.66. The molecule has 0 saturated heterocycles. The summed E-state index contributed by atoms with van der Waals surface area (Å²) in [7, 11) is 3.76. The average Bonchev–Trinajstić information content (AvgIpc) is 3.03. The number of fused-ring (bicyclic) bond motifs is 1. The molecule has 1 unspecified atom stereocenters. The highest BCUT2D eigenvalue weighted by Gasteiger charge is 2.27. The van der Waals surface area contributed by atoms with Crippen molar-refractivity contribution in [1.29, 1.82) is 0 Å². The zero-order valence-electron chi connectivity index (χ0n) is 13.9.